The van der Waals surface area contributed by atoms with Gasteiger partial charge in [0.1, 0.15) is 11.6 Å². The average Bonchev–Trinajstić information content (AvgIpc) is 2.68. The molecule has 0 bridgehead atoms. The number of hydrogen-bond acceptors (Lipinski definition) is 3. The lowest BCUT2D eigenvalue weighted by Gasteiger charge is -2.18. The Labute approximate surface area is 121 Å². The van der Waals surface area contributed by atoms with Gasteiger partial charge in [-0.15, -0.1) is 11.3 Å². The number of hydrogen-bond donors (Lipinski definition) is 1. The van der Waals surface area contributed by atoms with Crippen molar-refractivity contribution in [3.8, 4) is 0 Å². The van der Waals surface area contributed by atoms with Crippen LogP contribution in [0.1, 0.15) is 34.1 Å². The summed E-state index contributed by atoms with van der Waals surface area (Å²) in [5.74, 6) is -1.07. The van der Waals surface area contributed by atoms with Gasteiger partial charge in [0, 0.05) is 29.0 Å². The maximum atomic E-state index is 13.9. The van der Waals surface area contributed by atoms with E-state index in [-0.39, 0.29) is 6.04 Å². The minimum atomic E-state index is -0.553. The number of halogens is 2. The van der Waals surface area contributed by atoms with E-state index in [1.807, 2.05) is 20.8 Å². The highest BCUT2D eigenvalue weighted by Crippen LogP contribution is 2.25. The van der Waals surface area contributed by atoms with Crippen molar-refractivity contribution in [2.75, 3.05) is 6.54 Å². The smallest absolute Gasteiger partial charge is 0.130 e. The third-order valence-electron chi connectivity index (χ3n) is 3.24. The summed E-state index contributed by atoms with van der Waals surface area (Å²) in [5.41, 5.74) is 1.50. The molecule has 0 aliphatic heterocycles. The van der Waals surface area contributed by atoms with Crippen LogP contribution < -0.4 is 5.32 Å². The Hall–Kier alpha value is -1.33. The van der Waals surface area contributed by atoms with Gasteiger partial charge in [0.2, 0.25) is 0 Å². The first kappa shape index (κ1) is 15.1. The molecule has 0 amide bonds. The fraction of sp³-hybridized carbons (Fsp3) is 0.400. The summed E-state index contributed by atoms with van der Waals surface area (Å²) < 4.78 is 26.9. The van der Waals surface area contributed by atoms with Crippen LogP contribution in [0.15, 0.2) is 18.2 Å². The largest absolute Gasteiger partial charge is 0.310 e. The van der Waals surface area contributed by atoms with Crippen molar-refractivity contribution < 1.29 is 8.78 Å². The Bertz CT molecular complexity index is 576. The topological polar surface area (TPSA) is 24.9 Å². The van der Waals surface area contributed by atoms with E-state index < -0.39 is 11.6 Å². The van der Waals surface area contributed by atoms with Crippen LogP contribution in [0.25, 0.3) is 0 Å². The zero-order valence-corrected chi connectivity index (χ0v) is 12.7. The minimum absolute atomic E-state index is 0.189. The summed E-state index contributed by atoms with van der Waals surface area (Å²) >= 11 is 1.62. The average molecular weight is 296 g/mol. The maximum absolute atomic E-state index is 13.9. The van der Waals surface area contributed by atoms with E-state index >= 15 is 0 Å². The molecule has 1 unspecified atom stereocenters. The van der Waals surface area contributed by atoms with Crippen LogP contribution in [0.2, 0.25) is 0 Å². The third-order valence-corrected chi connectivity index (χ3v) is 4.34. The summed E-state index contributed by atoms with van der Waals surface area (Å²) in [6.45, 7) is 6.67. The van der Waals surface area contributed by atoms with E-state index in [9.17, 15) is 8.78 Å². The van der Waals surface area contributed by atoms with E-state index in [0.29, 0.717) is 18.5 Å². The number of benzene rings is 1. The molecule has 2 nitrogen and oxygen atoms in total. The molecule has 0 fully saturated rings. The number of aryl methyl sites for hydroxylation is 2. The van der Waals surface area contributed by atoms with Gasteiger partial charge in [-0.3, -0.25) is 0 Å². The van der Waals surface area contributed by atoms with Crippen molar-refractivity contribution in [1.29, 1.82) is 0 Å². The molecule has 0 aliphatic rings. The van der Waals surface area contributed by atoms with Crippen molar-refractivity contribution >= 4 is 11.3 Å². The number of aromatic nitrogens is 1. The van der Waals surface area contributed by atoms with Crippen LogP contribution in [-0.4, -0.2) is 11.5 Å². The highest BCUT2D eigenvalue weighted by molar-refractivity contribution is 7.11. The number of nitrogens with zero attached hydrogens (tertiary/aromatic N) is 1. The van der Waals surface area contributed by atoms with Crippen molar-refractivity contribution in [3.05, 3.63) is 51.0 Å². The second-order valence-electron chi connectivity index (χ2n) is 4.73. The molecule has 1 atom stereocenters. The lowest BCUT2D eigenvalue weighted by atomic mass is 10.0. The molecule has 1 N–H and O–H groups in total. The molecular formula is C15H18F2N2S. The quantitative estimate of drug-likeness (QED) is 0.904. The zero-order valence-electron chi connectivity index (χ0n) is 11.8. The van der Waals surface area contributed by atoms with E-state index in [4.69, 9.17) is 0 Å². The molecular weight excluding hydrogens is 278 g/mol. The molecule has 0 spiro atoms. The van der Waals surface area contributed by atoms with Crippen LogP contribution >= 0.6 is 11.3 Å². The molecule has 108 valence electrons. The predicted octanol–water partition coefficient (Wildman–Crippen LogP) is 3.93. The number of rotatable bonds is 5. The first-order valence-corrected chi connectivity index (χ1v) is 7.44. The molecule has 5 heteroatoms. The maximum Gasteiger partial charge on any atom is 0.130 e. The van der Waals surface area contributed by atoms with E-state index in [0.717, 1.165) is 16.8 Å². The highest BCUT2D eigenvalue weighted by Gasteiger charge is 2.18. The second kappa shape index (κ2) is 6.41. The number of likely N-dealkylation sites (N-methyl/N-ethyl adjacent to an activating group) is 1. The Morgan fingerprint density at radius 3 is 2.60 bits per heavy atom. The molecule has 1 aromatic heterocycles. The third kappa shape index (κ3) is 3.41. The van der Waals surface area contributed by atoms with Gasteiger partial charge in [-0.25, -0.2) is 13.8 Å². The lowest BCUT2D eigenvalue weighted by molar-refractivity contribution is 0.501. The standard InChI is InChI=1S/C15H18F2N2S/c1-4-18-14(8-15-19-9(2)10(3)20-15)12-6-5-11(16)7-13(12)17/h5-7,14,18H,4,8H2,1-3H3. The highest BCUT2D eigenvalue weighted by atomic mass is 32.1. The molecule has 20 heavy (non-hydrogen) atoms. The summed E-state index contributed by atoms with van der Waals surface area (Å²) in [6, 6.07) is 3.54. The molecule has 1 heterocycles. The number of nitrogens with one attached hydrogen (secondary N) is 1. The minimum Gasteiger partial charge on any atom is -0.310 e. The van der Waals surface area contributed by atoms with Gasteiger partial charge in [-0.1, -0.05) is 13.0 Å². The molecule has 0 saturated heterocycles. The van der Waals surface area contributed by atoms with Gasteiger partial charge >= 0.3 is 0 Å². The molecule has 0 saturated carbocycles. The zero-order chi connectivity index (χ0) is 14.7. The Balaban J connectivity index is 2.26. The van der Waals surface area contributed by atoms with Crippen LogP contribution in [0.3, 0.4) is 0 Å². The van der Waals surface area contributed by atoms with Crippen molar-refractivity contribution in [3.63, 3.8) is 0 Å². The lowest BCUT2D eigenvalue weighted by Crippen LogP contribution is -2.24. The summed E-state index contributed by atoms with van der Waals surface area (Å²) in [6.07, 6.45) is 0.607. The van der Waals surface area contributed by atoms with Gasteiger partial charge in [-0.2, -0.15) is 0 Å². The van der Waals surface area contributed by atoms with Crippen LogP contribution in [0, 0.1) is 25.5 Å². The Kier molecular flexibility index (Phi) is 4.83. The Morgan fingerprint density at radius 1 is 1.30 bits per heavy atom. The molecule has 1 aromatic carbocycles. The molecule has 2 rings (SSSR count). The normalized spacial score (nSPS) is 12.7. The van der Waals surface area contributed by atoms with Crippen LogP contribution in [0.5, 0.6) is 0 Å². The van der Waals surface area contributed by atoms with Gasteiger partial charge in [0.25, 0.3) is 0 Å². The Morgan fingerprint density at radius 2 is 2.05 bits per heavy atom. The van der Waals surface area contributed by atoms with Crippen LogP contribution in [-0.2, 0) is 6.42 Å². The van der Waals surface area contributed by atoms with Crippen molar-refractivity contribution in [1.82, 2.24) is 10.3 Å². The van der Waals surface area contributed by atoms with Gasteiger partial charge in [-0.05, 0) is 26.5 Å². The van der Waals surface area contributed by atoms with Gasteiger partial charge < -0.3 is 5.32 Å². The molecule has 0 radical (unpaired) electrons. The molecule has 0 aliphatic carbocycles. The summed E-state index contributed by atoms with van der Waals surface area (Å²) in [5, 5.41) is 4.21. The van der Waals surface area contributed by atoms with Gasteiger partial charge in [0.05, 0.1) is 10.7 Å². The van der Waals surface area contributed by atoms with E-state index in [2.05, 4.69) is 10.3 Å². The van der Waals surface area contributed by atoms with Crippen LogP contribution in [0.4, 0.5) is 8.78 Å². The number of thiazole rings is 1. The summed E-state index contributed by atoms with van der Waals surface area (Å²) in [4.78, 5) is 5.66. The van der Waals surface area contributed by atoms with Gasteiger partial charge in [0.15, 0.2) is 0 Å². The first-order chi connectivity index (χ1) is 9.51. The fourth-order valence-electron chi connectivity index (χ4n) is 2.12. The molecule has 2 aromatic rings. The first-order valence-electron chi connectivity index (χ1n) is 6.62. The monoisotopic (exact) mass is 296 g/mol. The SMILES string of the molecule is CCNC(Cc1nc(C)c(C)s1)c1ccc(F)cc1F. The second-order valence-corrected chi connectivity index (χ2v) is 6.02. The fourth-order valence-corrected chi connectivity index (χ4v) is 3.10. The van der Waals surface area contributed by atoms with E-state index in [1.165, 1.54) is 17.0 Å². The summed E-state index contributed by atoms with van der Waals surface area (Å²) in [7, 11) is 0. The van der Waals surface area contributed by atoms with E-state index in [1.54, 1.807) is 11.3 Å². The predicted molar refractivity (Wildman–Crippen MR) is 78.1 cm³/mol. The van der Waals surface area contributed by atoms with Crippen molar-refractivity contribution in [2.45, 2.75) is 33.2 Å². The van der Waals surface area contributed by atoms with Crippen molar-refractivity contribution in [2.24, 2.45) is 0 Å².